The molecule has 0 saturated heterocycles. The largest absolute Gasteiger partial charge is 0.481 e. The van der Waals surface area contributed by atoms with Crippen molar-refractivity contribution in [3.63, 3.8) is 0 Å². The number of hydrogen-bond acceptors (Lipinski definition) is 4. The fourth-order valence-electron chi connectivity index (χ4n) is 1.54. The van der Waals surface area contributed by atoms with Gasteiger partial charge in [0, 0.05) is 6.54 Å². The van der Waals surface area contributed by atoms with E-state index in [0.29, 0.717) is 6.07 Å². The SMILES string of the molecule is CC(C)(CNC(=O)CNS(=O)(=O)c1cccc(C(F)(F)F)c1)C(=O)O. The number of nitrogens with one attached hydrogen (secondary N) is 2. The zero-order valence-electron chi connectivity index (χ0n) is 13.3. The average Bonchev–Trinajstić information content (AvgIpc) is 2.50. The van der Waals surface area contributed by atoms with E-state index in [2.05, 4.69) is 5.32 Å². The van der Waals surface area contributed by atoms with Crippen molar-refractivity contribution in [1.82, 2.24) is 10.0 Å². The van der Waals surface area contributed by atoms with Gasteiger partial charge in [0.25, 0.3) is 0 Å². The lowest BCUT2D eigenvalue weighted by molar-refractivity contribution is -0.146. The molecule has 0 unspecified atom stereocenters. The maximum absolute atomic E-state index is 12.6. The van der Waals surface area contributed by atoms with Crippen LogP contribution in [0.3, 0.4) is 0 Å². The Morgan fingerprint density at radius 2 is 1.80 bits per heavy atom. The minimum absolute atomic E-state index is 0.244. The van der Waals surface area contributed by atoms with E-state index < -0.39 is 50.5 Å². The van der Waals surface area contributed by atoms with E-state index in [4.69, 9.17) is 5.11 Å². The third-order valence-electron chi connectivity index (χ3n) is 3.20. The van der Waals surface area contributed by atoms with Crippen LogP contribution in [0.1, 0.15) is 19.4 Å². The molecule has 0 saturated carbocycles. The molecule has 7 nitrogen and oxygen atoms in total. The van der Waals surface area contributed by atoms with Crippen LogP contribution in [0.4, 0.5) is 13.2 Å². The van der Waals surface area contributed by atoms with Crippen LogP contribution in [0, 0.1) is 5.41 Å². The van der Waals surface area contributed by atoms with Crippen molar-refractivity contribution in [1.29, 1.82) is 0 Å². The molecule has 0 radical (unpaired) electrons. The van der Waals surface area contributed by atoms with Crippen LogP contribution < -0.4 is 10.0 Å². The number of carboxylic acids is 1. The van der Waals surface area contributed by atoms with E-state index in [1.54, 1.807) is 0 Å². The fraction of sp³-hybridized carbons (Fsp3) is 0.429. The molecule has 1 aromatic carbocycles. The van der Waals surface area contributed by atoms with Gasteiger partial charge in [-0.2, -0.15) is 13.2 Å². The number of alkyl halides is 3. The zero-order valence-corrected chi connectivity index (χ0v) is 14.2. The highest BCUT2D eigenvalue weighted by atomic mass is 32.2. The Morgan fingerprint density at radius 1 is 1.20 bits per heavy atom. The highest BCUT2D eigenvalue weighted by Gasteiger charge is 2.32. The molecule has 1 aromatic rings. The Kier molecular flexibility index (Phi) is 6.19. The van der Waals surface area contributed by atoms with Crippen LogP contribution in [0.15, 0.2) is 29.2 Å². The van der Waals surface area contributed by atoms with Gasteiger partial charge in [0.1, 0.15) is 0 Å². The summed E-state index contributed by atoms with van der Waals surface area (Å²) >= 11 is 0. The molecule has 0 aliphatic carbocycles. The van der Waals surface area contributed by atoms with Crippen LogP contribution >= 0.6 is 0 Å². The lowest BCUT2D eigenvalue weighted by atomic mass is 9.94. The molecule has 11 heteroatoms. The molecule has 0 spiro atoms. The number of benzene rings is 1. The molecule has 3 N–H and O–H groups in total. The van der Waals surface area contributed by atoms with Gasteiger partial charge in [-0.25, -0.2) is 13.1 Å². The Bertz CT molecular complexity index is 760. The maximum Gasteiger partial charge on any atom is 0.416 e. The predicted molar refractivity (Wildman–Crippen MR) is 81.1 cm³/mol. The second kappa shape index (κ2) is 7.40. The summed E-state index contributed by atoms with van der Waals surface area (Å²) in [4.78, 5) is 21.9. The fourth-order valence-corrected chi connectivity index (χ4v) is 2.57. The third kappa shape index (κ3) is 6.02. The smallest absolute Gasteiger partial charge is 0.416 e. The molecule has 0 heterocycles. The van der Waals surface area contributed by atoms with Crippen molar-refractivity contribution in [2.45, 2.75) is 24.9 Å². The summed E-state index contributed by atoms with van der Waals surface area (Å²) in [5.74, 6) is -1.97. The summed E-state index contributed by atoms with van der Waals surface area (Å²) in [6, 6.07) is 3.07. The summed E-state index contributed by atoms with van der Waals surface area (Å²) in [7, 11) is -4.34. The molecular formula is C14H17F3N2O5S. The number of amides is 1. The first-order valence-corrected chi connectivity index (χ1v) is 8.41. The summed E-state index contributed by atoms with van der Waals surface area (Å²) in [5, 5.41) is 11.1. The highest BCUT2D eigenvalue weighted by molar-refractivity contribution is 7.89. The van der Waals surface area contributed by atoms with Crippen molar-refractivity contribution >= 4 is 21.9 Å². The summed E-state index contributed by atoms with van der Waals surface area (Å²) < 4.78 is 63.7. The van der Waals surface area contributed by atoms with Gasteiger partial charge in [-0.3, -0.25) is 9.59 Å². The van der Waals surface area contributed by atoms with E-state index in [9.17, 15) is 31.2 Å². The first-order valence-electron chi connectivity index (χ1n) is 6.93. The quantitative estimate of drug-likeness (QED) is 0.656. The molecule has 1 rings (SSSR count). The van der Waals surface area contributed by atoms with Gasteiger partial charge in [-0.1, -0.05) is 6.07 Å². The molecule has 0 atom stereocenters. The van der Waals surface area contributed by atoms with Crippen LogP contribution in [-0.4, -0.2) is 38.5 Å². The van der Waals surface area contributed by atoms with E-state index in [1.165, 1.54) is 13.8 Å². The molecule has 0 aromatic heterocycles. The summed E-state index contributed by atoms with van der Waals surface area (Å²) in [5.41, 5.74) is -2.39. The molecule has 0 bridgehead atoms. The van der Waals surface area contributed by atoms with Gasteiger partial charge in [-0.15, -0.1) is 0 Å². The number of halogens is 3. The van der Waals surface area contributed by atoms with Crippen molar-refractivity contribution < 1.29 is 36.3 Å². The number of carboxylic acid groups (broad SMARTS) is 1. The normalized spacial score (nSPS) is 12.7. The third-order valence-corrected chi connectivity index (χ3v) is 4.60. The van der Waals surface area contributed by atoms with Crippen LogP contribution in [0.2, 0.25) is 0 Å². The predicted octanol–water partition coefficient (Wildman–Crippen LogP) is 1.21. The number of hydrogen-bond donors (Lipinski definition) is 3. The van der Waals surface area contributed by atoms with Gasteiger partial charge in [0.2, 0.25) is 15.9 Å². The van der Waals surface area contributed by atoms with Gasteiger partial charge in [0.15, 0.2) is 0 Å². The lowest BCUT2D eigenvalue weighted by Gasteiger charge is -2.19. The number of carbonyl (C=O) groups excluding carboxylic acids is 1. The van der Waals surface area contributed by atoms with Gasteiger partial charge < -0.3 is 10.4 Å². The number of aliphatic carboxylic acids is 1. The molecule has 0 aliphatic rings. The summed E-state index contributed by atoms with van der Waals surface area (Å²) in [6.07, 6.45) is -4.70. The first-order chi connectivity index (χ1) is 11.3. The number of sulfonamides is 1. The van der Waals surface area contributed by atoms with E-state index in [-0.39, 0.29) is 6.54 Å². The summed E-state index contributed by atoms with van der Waals surface area (Å²) in [6.45, 7) is 1.74. The molecular weight excluding hydrogens is 365 g/mol. The Morgan fingerprint density at radius 3 is 2.32 bits per heavy atom. The van der Waals surface area contributed by atoms with Gasteiger partial charge in [-0.05, 0) is 32.0 Å². The molecule has 0 aliphatic heterocycles. The van der Waals surface area contributed by atoms with Crippen molar-refractivity contribution in [3.8, 4) is 0 Å². The van der Waals surface area contributed by atoms with E-state index >= 15 is 0 Å². The standard InChI is InChI=1S/C14H17F3N2O5S/c1-13(2,12(21)22)8-18-11(20)7-19-25(23,24)10-5-3-4-9(6-10)14(15,16)17/h3-6,19H,7-8H2,1-2H3,(H,18,20)(H,21,22). The van der Waals surface area contributed by atoms with Crippen LogP contribution in [-0.2, 0) is 25.8 Å². The molecule has 25 heavy (non-hydrogen) atoms. The van der Waals surface area contributed by atoms with Crippen LogP contribution in [0.5, 0.6) is 0 Å². The number of rotatable bonds is 7. The lowest BCUT2D eigenvalue weighted by Crippen LogP contribution is -2.43. The van der Waals surface area contributed by atoms with E-state index in [1.807, 2.05) is 4.72 Å². The maximum atomic E-state index is 12.6. The second-order valence-electron chi connectivity index (χ2n) is 5.82. The van der Waals surface area contributed by atoms with Gasteiger partial charge >= 0.3 is 12.1 Å². The van der Waals surface area contributed by atoms with Crippen molar-refractivity contribution in [2.75, 3.05) is 13.1 Å². The average molecular weight is 382 g/mol. The highest BCUT2D eigenvalue weighted by Crippen LogP contribution is 2.30. The number of carbonyl (C=O) groups is 2. The molecule has 1 amide bonds. The monoisotopic (exact) mass is 382 g/mol. The minimum atomic E-state index is -4.70. The molecule has 0 fully saturated rings. The first kappa shape index (κ1) is 20.9. The van der Waals surface area contributed by atoms with Crippen molar-refractivity contribution in [3.05, 3.63) is 29.8 Å². The van der Waals surface area contributed by atoms with Crippen LogP contribution in [0.25, 0.3) is 0 Å². The zero-order chi connectivity index (χ0) is 19.5. The second-order valence-corrected chi connectivity index (χ2v) is 7.58. The van der Waals surface area contributed by atoms with E-state index in [0.717, 1.165) is 18.2 Å². The Labute approximate surface area is 142 Å². The topological polar surface area (TPSA) is 113 Å². The molecule has 140 valence electrons. The minimum Gasteiger partial charge on any atom is -0.481 e. The van der Waals surface area contributed by atoms with Gasteiger partial charge in [0.05, 0.1) is 22.4 Å². The Balaban J connectivity index is 2.73. The van der Waals surface area contributed by atoms with Crippen molar-refractivity contribution in [2.24, 2.45) is 5.41 Å². The Hall–Kier alpha value is -2.14.